The van der Waals surface area contributed by atoms with Gasteiger partial charge in [0.25, 0.3) is 5.91 Å². The van der Waals surface area contributed by atoms with Crippen LogP contribution in [0.3, 0.4) is 0 Å². The molecular formula is C22H32N2O5S. The van der Waals surface area contributed by atoms with Gasteiger partial charge < -0.3 is 10.1 Å². The summed E-state index contributed by atoms with van der Waals surface area (Å²) in [6.45, 7) is 4.67. The van der Waals surface area contributed by atoms with Gasteiger partial charge in [0.15, 0.2) is 6.61 Å². The Morgan fingerprint density at radius 3 is 2.43 bits per heavy atom. The molecule has 30 heavy (non-hydrogen) atoms. The molecule has 1 N–H and O–H groups in total. The van der Waals surface area contributed by atoms with Crippen molar-refractivity contribution >= 4 is 21.9 Å². The van der Waals surface area contributed by atoms with Crippen LogP contribution in [0.2, 0.25) is 0 Å². The van der Waals surface area contributed by atoms with Gasteiger partial charge in [-0.3, -0.25) is 4.79 Å². The van der Waals surface area contributed by atoms with E-state index in [2.05, 4.69) is 5.32 Å². The summed E-state index contributed by atoms with van der Waals surface area (Å²) in [5.74, 6) is -0.444. The highest BCUT2D eigenvalue weighted by molar-refractivity contribution is 7.89. The fourth-order valence-corrected chi connectivity index (χ4v) is 6.19. The predicted molar refractivity (Wildman–Crippen MR) is 113 cm³/mol. The largest absolute Gasteiger partial charge is 0.452 e. The molecule has 7 nitrogen and oxygen atoms in total. The van der Waals surface area contributed by atoms with Crippen molar-refractivity contribution in [3.63, 3.8) is 0 Å². The molecule has 166 valence electrons. The summed E-state index contributed by atoms with van der Waals surface area (Å²) in [6.07, 6.45) is 6.29. The van der Waals surface area contributed by atoms with Crippen LogP contribution < -0.4 is 5.32 Å². The molecule has 0 spiro atoms. The Morgan fingerprint density at radius 2 is 1.77 bits per heavy atom. The molecule has 1 aliphatic carbocycles. The average Bonchev–Trinajstić information content (AvgIpc) is 2.72. The van der Waals surface area contributed by atoms with Crippen LogP contribution in [0, 0.1) is 11.8 Å². The minimum atomic E-state index is -3.69. The van der Waals surface area contributed by atoms with Gasteiger partial charge in [-0.05, 0) is 49.3 Å². The number of nitrogens with one attached hydrogen (secondary N) is 1. The Morgan fingerprint density at radius 1 is 1.10 bits per heavy atom. The lowest BCUT2D eigenvalue weighted by molar-refractivity contribution is -0.125. The van der Waals surface area contributed by atoms with E-state index in [1.54, 1.807) is 0 Å². The molecule has 2 fully saturated rings. The molecule has 8 heteroatoms. The van der Waals surface area contributed by atoms with Crippen LogP contribution in [0.5, 0.6) is 0 Å². The Bertz CT molecular complexity index is 854. The van der Waals surface area contributed by atoms with Crippen molar-refractivity contribution in [2.24, 2.45) is 11.8 Å². The molecule has 2 atom stereocenters. The summed E-state index contributed by atoms with van der Waals surface area (Å²) in [7, 11) is -3.69. The SMILES string of the molecule is CC1CC(C)CN(S(=O)(=O)c2cccc(C(=O)OCC(=O)NC3CCCCC3)c2)C1. The van der Waals surface area contributed by atoms with Crippen molar-refractivity contribution in [2.75, 3.05) is 19.7 Å². The highest BCUT2D eigenvalue weighted by Crippen LogP contribution is 2.27. The van der Waals surface area contributed by atoms with E-state index in [0.29, 0.717) is 24.9 Å². The standard InChI is InChI=1S/C22H32N2O5S/c1-16-11-17(2)14-24(13-16)30(27,28)20-10-6-7-18(12-20)22(26)29-15-21(25)23-19-8-4-3-5-9-19/h6-7,10,12,16-17,19H,3-5,8-9,11,13-15H2,1-2H3,(H,23,25). The zero-order valence-corrected chi connectivity index (χ0v) is 18.6. The number of amides is 1. The van der Waals surface area contributed by atoms with Gasteiger partial charge in [0, 0.05) is 19.1 Å². The average molecular weight is 437 g/mol. The van der Waals surface area contributed by atoms with Crippen molar-refractivity contribution in [3.8, 4) is 0 Å². The van der Waals surface area contributed by atoms with Gasteiger partial charge in [0.05, 0.1) is 10.5 Å². The topological polar surface area (TPSA) is 92.8 Å². The van der Waals surface area contributed by atoms with Gasteiger partial charge in [-0.15, -0.1) is 0 Å². The van der Waals surface area contributed by atoms with E-state index in [1.807, 2.05) is 13.8 Å². The van der Waals surface area contributed by atoms with Crippen LogP contribution in [-0.2, 0) is 19.6 Å². The molecule has 1 heterocycles. The molecule has 0 aromatic heterocycles. The molecule has 1 aromatic rings. The molecular weight excluding hydrogens is 404 g/mol. The first-order valence-electron chi connectivity index (χ1n) is 10.8. The number of esters is 1. The predicted octanol–water partition coefficient (Wildman–Crippen LogP) is 2.96. The molecule has 0 radical (unpaired) electrons. The zero-order chi connectivity index (χ0) is 21.7. The van der Waals surface area contributed by atoms with Gasteiger partial charge in [-0.2, -0.15) is 4.31 Å². The van der Waals surface area contributed by atoms with Gasteiger partial charge in [-0.1, -0.05) is 39.2 Å². The highest BCUT2D eigenvalue weighted by Gasteiger charge is 2.32. The summed E-state index contributed by atoms with van der Waals surface area (Å²) in [4.78, 5) is 24.5. The summed E-state index contributed by atoms with van der Waals surface area (Å²) >= 11 is 0. The third-order valence-electron chi connectivity index (χ3n) is 5.85. The van der Waals surface area contributed by atoms with E-state index in [9.17, 15) is 18.0 Å². The lowest BCUT2D eigenvalue weighted by Crippen LogP contribution is -2.42. The maximum Gasteiger partial charge on any atom is 0.338 e. The van der Waals surface area contributed by atoms with Crippen LogP contribution in [0.1, 0.15) is 62.7 Å². The van der Waals surface area contributed by atoms with Crippen LogP contribution in [0.25, 0.3) is 0 Å². The number of benzene rings is 1. The van der Waals surface area contributed by atoms with E-state index in [1.165, 1.54) is 35.0 Å². The number of carbonyl (C=O) groups is 2. The van der Waals surface area contributed by atoms with Crippen LogP contribution in [-0.4, -0.2) is 50.3 Å². The van der Waals surface area contributed by atoms with Crippen LogP contribution >= 0.6 is 0 Å². The molecule has 1 saturated heterocycles. The third-order valence-corrected chi connectivity index (χ3v) is 7.68. The van der Waals surface area contributed by atoms with Crippen molar-refractivity contribution in [2.45, 2.75) is 63.3 Å². The lowest BCUT2D eigenvalue weighted by Gasteiger charge is -2.34. The Balaban J connectivity index is 1.61. The second-order valence-electron chi connectivity index (χ2n) is 8.77. The number of hydrogen-bond acceptors (Lipinski definition) is 5. The first kappa shape index (κ1) is 22.7. The number of rotatable bonds is 6. The summed E-state index contributed by atoms with van der Waals surface area (Å²) in [5, 5.41) is 2.89. The van der Waals surface area contributed by atoms with Gasteiger partial charge in [-0.25, -0.2) is 13.2 Å². The molecule has 2 unspecified atom stereocenters. The van der Waals surface area contributed by atoms with Gasteiger partial charge >= 0.3 is 5.97 Å². The van der Waals surface area contributed by atoms with E-state index in [4.69, 9.17) is 4.74 Å². The monoisotopic (exact) mass is 436 g/mol. The third kappa shape index (κ3) is 5.82. The molecule has 2 aliphatic rings. The number of ether oxygens (including phenoxy) is 1. The second kappa shape index (κ2) is 9.92. The number of sulfonamides is 1. The minimum Gasteiger partial charge on any atom is -0.452 e. The number of carbonyl (C=O) groups excluding carboxylic acids is 2. The fourth-order valence-electron chi connectivity index (χ4n) is 4.47. The maximum absolute atomic E-state index is 13.1. The quantitative estimate of drug-likeness (QED) is 0.692. The van der Waals surface area contributed by atoms with Crippen molar-refractivity contribution in [3.05, 3.63) is 29.8 Å². The highest BCUT2D eigenvalue weighted by atomic mass is 32.2. The van der Waals surface area contributed by atoms with E-state index in [0.717, 1.165) is 32.1 Å². The summed E-state index contributed by atoms with van der Waals surface area (Å²) in [6, 6.07) is 6.00. The fraction of sp³-hybridized carbons (Fsp3) is 0.636. The normalized spacial score (nSPS) is 23.7. The zero-order valence-electron chi connectivity index (χ0n) is 17.8. The van der Waals surface area contributed by atoms with E-state index in [-0.39, 0.29) is 29.0 Å². The van der Waals surface area contributed by atoms with Gasteiger partial charge in [0.1, 0.15) is 0 Å². The Labute approximate surface area is 179 Å². The number of hydrogen-bond donors (Lipinski definition) is 1. The Hall–Kier alpha value is -1.93. The first-order valence-corrected chi connectivity index (χ1v) is 12.3. The smallest absolute Gasteiger partial charge is 0.338 e. The molecule has 1 aromatic carbocycles. The minimum absolute atomic E-state index is 0.0740. The van der Waals surface area contributed by atoms with Crippen molar-refractivity contribution in [1.29, 1.82) is 0 Å². The second-order valence-corrected chi connectivity index (χ2v) is 10.7. The van der Waals surface area contributed by atoms with Gasteiger partial charge in [0.2, 0.25) is 10.0 Å². The Kier molecular flexibility index (Phi) is 7.52. The molecule has 1 saturated carbocycles. The molecule has 3 rings (SSSR count). The maximum atomic E-state index is 13.1. The van der Waals surface area contributed by atoms with Crippen LogP contribution in [0.4, 0.5) is 0 Å². The lowest BCUT2D eigenvalue weighted by atomic mass is 9.94. The first-order chi connectivity index (χ1) is 14.3. The summed E-state index contributed by atoms with van der Waals surface area (Å²) in [5.41, 5.74) is 0.125. The molecule has 1 amide bonds. The van der Waals surface area contributed by atoms with Crippen molar-refractivity contribution < 1.29 is 22.7 Å². The summed E-state index contributed by atoms with van der Waals surface area (Å²) < 4.78 is 32.7. The van der Waals surface area contributed by atoms with E-state index < -0.39 is 16.0 Å². The van der Waals surface area contributed by atoms with Crippen molar-refractivity contribution in [1.82, 2.24) is 9.62 Å². The molecule has 1 aliphatic heterocycles. The number of nitrogens with zero attached hydrogens (tertiary/aromatic N) is 1. The van der Waals surface area contributed by atoms with E-state index >= 15 is 0 Å². The van der Waals surface area contributed by atoms with Crippen LogP contribution in [0.15, 0.2) is 29.2 Å². The number of piperidine rings is 1. The molecule has 0 bridgehead atoms.